The Labute approximate surface area is 157 Å². The highest BCUT2D eigenvalue weighted by molar-refractivity contribution is 5.78. The average molecular weight is 363 g/mol. The van der Waals surface area contributed by atoms with Crippen LogP contribution in [-0.2, 0) is 14.3 Å². The van der Waals surface area contributed by atoms with Crippen LogP contribution in [0.2, 0.25) is 0 Å². The van der Waals surface area contributed by atoms with E-state index in [9.17, 15) is 9.59 Å². The second-order valence-electron chi connectivity index (χ2n) is 8.83. The summed E-state index contributed by atoms with van der Waals surface area (Å²) < 4.78 is 10.8. The number of rotatable bonds is 4. The van der Waals surface area contributed by atoms with Crippen LogP contribution in [0.3, 0.4) is 0 Å². The molecule has 0 aliphatic heterocycles. The molecule has 5 nitrogen and oxygen atoms in total. The molecule has 0 radical (unpaired) electrons. The molecule has 0 aromatic heterocycles. The SMILES string of the molecule is C=C1C=C(C)C=C(CN(CC(=O)OC(C)(C)C)C(=O)OC(C)(C)C)C1C. The van der Waals surface area contributed by atoms with Gasteiger partial charge in [0.2, 0.25) is 0 Å². The fraction of sp³-hybridized carbons (Fsp3) is 0.619. The molecule has 0 aromatic carbocycles. The third kappa shape index (κ3) is 7.46. The highest BCUT2D eigenvalue weighted by Gasteiger charge is 2.28. The molecule has 0 aromatic rings. The van der Waals surface area contributed by atoms with Gasteiger partial charge in [0.25, 0.3) is 0 Å². The van der Waals surface area contributed by atoms with E-state index < -0.39 is 23.3 Å². The maximum absolute atomic E-state index is 12.6. The Morgan fingerprint density at radius 2 is 1.62 bits per heavy atom. The van der Waals surface area contributed by atoms with E-state index in [0.29, 0.717) is 6.54 Å². The number of carbonyl (C=O) groups is 2. The molecule has 1 aliphatic rings. The Morgan fingerprint density at radius 1 is 1.08 bits per heavy atom. The molecule has 0 spiro atoms. The van der Waals surface area contributed by atoms with Gasteiger partial charge in [-0.05, 0) is 59.6 Å². The highest BCUT2D eigenvalue weighted by atomic mass is 16.6. The second kappa shape index (κ2) is 8.11. The summed E-state index contributed by atoms with van der Waals surface area (Å²) >= 11 is 0. The van der Waals surface area contributed by atoms with Crippen LogP contribution in [0.15, 0.2) is 35.5 Å². The van der Waals surface area contributed by atoms with Crippen molar-refractivity contribution in [2.24, 2.45) is 5.92 Å². The summed E-state index contributed by atoms with van der Waals surface area (Å²) in [6.45, 7) is 19.0. The van der Waals surface area contributed by atoms with Crippen LogP contribution >= 0.6 is 0 Å². The molecule has 0 bridgehead atoms. The number of hydrogen-bond acceptors (Lipinski definition) is 4. The van der Waals surface area contributed by atoms with Crippen molar-refractivity contribution in [1.82, 2.24) is 4.90 Å². The van der Waals surface area contributed by atoms with Crippen LogP contribution in [0.25, 0.3) is 0 Å². The Morgan fingerprint density at radius 3 is 2.12 bits per heavy atom. The molecule has 0 fully saturated rings. The minimum absolute atomic E-state index is 0.0993. The van der Waals surface area contributed by atoms with E-state index in [2.05, 4.69) is 6.58 Å². The van der Waals surface area contributed by atoms with Gasteiger partial charge in [0.05, 0.1) is 0 Å². The van der Waals surface area contributed by atoms with Crippen molar-refractivity contribution in [2.75, 3.05) is 13.1 Å². The van der Waals surface area contributed by atoms with Crippen molar-refractivity contribution in [2.45, 2.75) is 66.6 Å². The van der Waals surface area contributed by atoms with Gasteiger partial charge < -0.3 is 9.47 Å². The first kappa shape index (κ1) is 22.0. The van der Waals surface area contributed by atoms with Crippen LogP contribution in [0.1, 0.15) is 55.4 Å². The molecular weight excluding hydrogens is 330 g/mol. The van der Waals surface area contributed by atoms with Gasteiger partial charge in [-0.15, -0.1) is 0 Å². The van der Waals surface area contributed by atoms with Gasteiger partial charge in [0, 0.05) is 12.5 Å². The zero-order valence-electron chi connectivity index (χ0n) is 17.4. The van der Waals surface area contributed by atoms with E-state index in [-0.39, 0.29) is 12.5 Å². The van der Waals surface area contributed by atoms with Gasteiger partial charge in [-0.25, -0.2) is 4.79 Å². The molecule has 1 aliphatic carbocycles. The Kier molecular flexibility index (Phi) is 6.86. The van der Waals surface area contributed by atoms with Gasteiger partial charge in [-0.1, -0.05) is 31.2 Å². The van der Waals surface area contributed by atoms with E-state index in [4.69, 9.17) is 9.47 Å². The zero-order chi connectivity index (χ0) is 20.3. The Bertz CT molecular complexity index is 629. The molecule has 1 amide bonds. The monoisotopic (exact) mass is 363 g/mol. The van der Waals surface area contributed by atoms with Gasteiger partial charge in [0.1, 0.15) is 17.7 Å². The van der Waals surface area contributed by atoms with Crippen LogP contribution < -0.4 is 0 Å². The summed E-state index contributed by atoms with van der Waals surface area (Å²) in [5.41, 5.74) is 1.83. The van der Waals surface area contributed by atoms with E-state index in [1.807, 2.05) is 26.0 Å². The predicted octanol–water partition coefficient (Wildman–Crippen LogP) is 4.64. The van der Waals surface area contributed by atoms with Gasteiger partial charge in [-0.2, -0.15) is 0 Å². The van der Waals surface area contributed by atoms with Crippen LogP contribution in [0.4, 0.5) is 4.79 Å². The second-order valence-corrected chi connectivity index (χ2v) is 8.83. The van der Waals surface area contributed by atoms with Gasteiger partial charge >= 0.3 is 12.1 Å². The minimum atomic E-state index is -0.644. The first-order chi connectivity index (χ1) is 11.7. The molecular formula is C21H33NO4. The van der Waals surface area contributed by atoms with E-state index in [1.165, 1.54) is 4.90 Å². The normalized spacial score (nSPS) is 18.0. The summed E-state index contributed by atoms with van der Waals surface area (Å²) in [6, 6.07) is 0. The highest BCUT2D eigenvalue weighted by Crippen LogP contribution is 2.28. The van der Waals surface area contributed by atoms with Crippen LogP contribution in [0.5, 0.6) is 0 Å². The first-order valence-corrected chi connectivity index (χ1v) is 8.95. The summed E-state index contributed by atoms with van der Waals surface area (Å²) in [5.74, 6) is -0.360. The summed E-state index contributed by atoms with van der Waals surface area (Å²) in [6.07, 6.45) is 3.53. The number of carbonyl (C=O) groups excluding carboxylic acids is 2. The molecule has 5 heteroatoms. The van der Waals surface area contributed by atoms with Crippen molar-refractivity contribution in [3.05, 3.63) is 35.5 Å². The number of nitrogens with zero attached hydrogens (tertiary/aromatic N) is 1. The van der Waals surface area contributed by atoms with Crippen LogP contribution in [0, 0.1) is 5.92 Å². The van der Waals surface area contributed by atoms with E-state index in [0.717, 1.165) is 16.7 Å². The predicted molar refractivity (Wildman–Crippen MR) is 104 cm³/mol. The molecule has 1 unspecified atom stereocenters. The molecule has 0 heterocycles. The molecule has 0 saturated carbocycles. The quantitative estimate of drug-likeness (QED) is 0.683. The van der Waals surface area contributed by atoms with Crippen molar-refractivity contribution < 1.29 is 19.1 Å². The molecule has 0 N–H and O–H groups in total. The lowest BCUT2D eigenvalue weighted by Gasteiger charge is -2.31. The van der Waals surface area contributed by atoms with Crippen molar-refractivity contribution in [3.8, 4) is 0 Å². The maximum Gasteiger partial charge on any atom is 0.411 e. The van der Waals surface area contributed by atoms with Gasteiger partial charge in [-0.3, -0.25) is 9.69 Å². The fourth-order valence-electron chi connectivity index (χ4n) is 2.56. The Balaban J connectivity index is 3.00. The lowest BCUT2D eigenvalue weighted by Crippen LogP contribution is -2.43. The standard InChI is InChI=1S/C21H33NO4/c1-14-10-15(2)16(3)17(11-14)12-22(19(24)26-21(7,8)9)13-18(23)25-20(4,5)6/h10-11,16H,2,12-13H2,1,3-9H3. The van der Waals surface area contributed by atoms with E-state index in [1.54, 1.807) is 41.5 Å². The smallest absolute Gasteiger partial charge is 0.411 e. The number of allylic oxidation sites excluding steroid dienone is 4. The number of esters is 1. The summed E-state index contributed by atoms with van der Waals surface area (Å²) in [5, 5.41) is 0. The molecule has 0 saturated heterocycles. The van der Waals surface area contributed by atoms with Gasteiger partial charge in [0.15, 0.2) is 0 Å². The van der Waals surface area contributed by atoms with Crippen molar-refractivity contribution >= 4 is 12.1 Å². The number of ether oxygens (including phenoxy) is 2. The van der Waals surface area contributed by atoms with Crippen LogP contribution in [-0.4, -0.2) is 41.3 Å². The maximum atomic E-state index is 12.6. The molecule has 146 valence electrons. The number of amides is 1. The Hall–Kier alpha value is -2.04. The van der Waals surface area contributed by atoms with E-state index >= 15 is 0 Å². The van der Waals surface area contributed by atoms with Crippen molar-refractivity contribution in [3.63, 3.8) is 0 Å². The number of hydrogen-bond donors (Lipinski definition) is 0. The average Bonchev–Trinajstić information content (AvgIpc) is 2.39. The topological polar surface area (TPSA) is 55.8 Å². The fourth-order valence-corrected chi connectivity index (χ4v) is 2.56. The third-order valence-electron chi connectivity index (χ3n) is 3.70. The summed E-state index contributed by atoms with van der Waals surface area (Å²) in [7, 11) is 0. The minimum Gasteiger partial charge on any atom is -0.459 e. The lowest BCUT2D eigenvalue weighted by molar-refractivity contribution is -0.155. The van der Waals surface area contributed by atoms with Crippen molar-refractivity contribution in [1.29, 1.82) is 0 Å². The third-order valence-corrected chi connectivity index (χ3v) is 3.70. The molecule has 1 rings (SSSR count). The largest absolute Gasteiger partial charge is 0.459 e. The zero-order valence-corrected chi connectivity index (χ0v) is 17.4. The molecule has 26 heavy (non-hydrogen) atoms. The molecule has 1 atom stereocenters. The summed E-state index contributed by atoms with van der Waals surface area (Å²) in [4.78, 5) is 26.3. The lowest BCUT2D eigenvalue weighted by atomic mass is 9.86. The first-order valence-electron chi connectivity index (χ1n) is 8.95.